The first-order chi connectivity index (χ1) is 6.81. The van der Waals surface area contributed by atoms with E-state index < -0.39 is 0 Å². The highest BCUT2D eigenvalue weighted by molar-refractivity contribution is 6.34. The van der Waals surface area contributed by atoms with Crippen molar-refractivity contribution in [1.82, 2.24) is 15.7 Å². The van der Waals surface area contributed by atoms with E-state index in [-0.39, 0.29) is 0 Å². The molecule has 0 spiro atoms. The van der Waals surface area contributed by atoms with Crippen LogP contribution >= 0.6 is 11.6 Å². The van der Waals surface area contributed by atoms with Gasteiger partial charge in [0.15, 0.2) is 0 Å². The van der Waals surface area contributed by atoms with E-state index >= 15 is 0 Å². The number of hydrogen-bond donors (Lipinski definition) is 2. The summed E-state index contributed by atoms with van der Waals surface area (Å²) in [6, 6.07) is 5.88. The SMILES string of the molecule is CONCc1ccc2n[nH]c(Cl)c2c1. The van der Waals surface area contributed by atoms with E-state index in [1.54, 1.807) is 7.11 Å². The van der Waals surface area contributed by atoms with Gasteiger partial charge in [-0.2, -0.15) is 10.6 Å². The smallest absolute Gasteiger partial charge is 0.132 e. The molecule has 1 aromatic carbocycles. The summed E-state index contributed by atoms with van der Waals surface area (Å²) >= 11 is 5.91. The Balaban J connectivity index is 2.34. The molecule has 0 bridgehead atoms. The van der Waals surface area contributed by atoms with E-state index in [1.807, 2.05) is 18.2 Å². The van der Waals surface area contributed by atoms with E-state index in [1.165, 1.54) is 0 Å². The number of aromatic amines is 1. The summed E-state index contributed by atoms with van der Waals surface area (Å²) in [4.78, 5) is 4.76. The lowest BCUT2D eigenvalue weighted by Gasteiger charge is -2.01. The molecule has 2 N–H and O–H groups in total. The molecule has 0 saturated carbocycles. The molecule has 2 rings (SSSR count). The third kappa shape index (κ3) is 1.72. The summed E-state index contributed by atoms with van der Waals surface area (Å²) in [6.07, 6.45) is 0. The van der Waals surface area contributed by atoms with Gasteiger partial charge >= 0.3 is 0 Å². The first-order valence-electron chi connectivity index (χ1n) is 4.19. The second-order valence-electron chi connectivity index (χ2n) is 2.91. The van der Waals surface area contributed by atoms with Crippen molar-refractivity contribution in [2.45, 2.75) is 6.54 Å². The summed E-state index contributed by atoms with van der Waals surface area (Å²) in [7, 11) is 1.59. The zero-order valence-electron chi connectivity index (χ0n) is 7.67. The lowest BCUT2D eigenvalue weighted by Crippen LogP contribution is -2.10. The van der Waals surface area contributed by atoms with Crippen LogP contribution in [0.25, 0.3) is 10.9 Å². The van der Waals surface area contributed by atoms with Gasteiger partial charge in [-0.25, -0.2) is 0 Å². The minimum Gasteiger partial charge on any atom is -0.305 e. The fourth-order valence-corrected chi connectivity index (χ4v) is 1.49. The Morgan fingerprint density at radius 1 is 1.57 bits per heavy atom. The molecule has 0 aliphatic carbocycles. The Kier molecular flexibility index (Phi) is 2.67. The Hall–Kier alpha value is -1.10. The van der Waals surface area contributed by atoms with Crippen LogP contribution in [-0.2, 0) is 11.4 Å². The van der Waals surface area contributed by atoms with Crippen molar-refractivity contribution in [3.8, 4) is 0 Å². The van der Waals surface area contributed by atoms with Crippen molar-refractivity contribution in [1.29, 1.82) is 0 Å². The van der Waals surface area contributed by atoms with Gasteiger partial charge < -0.3 is 4.84 Å². The van der Waals surface area contributed by atoms with Crippen LogP contribution in [0, 0.1) is 0 Å². The maximum absolute atomic E-state index is 5.91. The molecular weight excluding hydrogens is 202 g/mol. The number of rotatable bonds is 3. The van der Waals surface area contributed by atoms with E-state index in [2.05, 4.69) is 15.7 Å². The van der Waals surface area contributed by atoms with Crippen LogP contribution in [0.4, 0.5) is 0 Å². The van der Waals surface area contributed by atoms with Crippen LogP contribution < -0.4 is 5.48 Å². The number of hydroxylamine groups is 1. The molecule has 4 nitrogen and oxygen atoms in total. The maximum Gasteiger partial charge on any atom is 0.132 e. The van der Waals surface area contributed by atoms with E-state index in [9.17, 15) is 0 Å². The fourth-order valence-electron chi connectivity index (χ4n) is 1.29. The molecular formula is C9H10ClN3O. The first-order valence-corrected chi connectivity index (χ1v) is 4.57. The lowest BCUT2D eigenvalue weighted by molar-refractivity contribution is 0.0867. The molecule has 0 radical (unpaired) electrons. The summed E-state index contributed by atoms with van der Waals surface area (Å²) in [5.41, 5.74) is 4.74. The number of halogens is 1. The zero-order valence-corrected chi connectivity index (χ0v) is 8.43. The van der Waals surface area contributed by atoms with Crippen molar-refractivity contribution in [2.24, 2.45) is 0 Å². The van der Waals surface area contributed by atoms with Crippen molar-refractivity contribution in [2.75, 3.05) is 7.11 Å². The molecule has 2 aromatic rings. The summed E-state index contributed by atoms with van der Waals surface area (Å²) in [5, 5.41) is 8.26. The number of fused-ring (bicyclic) bond motifs is 1. The highest BCUT2D eigenvalue weighted by Gasteiger charge is 2.03. The van der Waals surface area contributed by atoms with Gasteiger partial charge in [0.2, 0.25) is 0 Å². The molecule has 0 saturated heterocycles. The monoisotopic (exact) mass is 211 g/mol. The second-order valence-corrected chi connectivity index (χ2v) is 3.29. The van der Waals surface area contributed by atoms with Crippen molar-refractivity contribution in [3.63, 3.8) is 0 Å². The first kappa shape index (κ1) is 9.45. The number of benzene rings is 1. The standard InChI is InChI=1S/C9H10ClN3O/c1-14-11-5-6-2-3-8-7(4-6)9(10)13-12-8/h2-4,11H,5H2,1H3,(H,12,13). The topological polar surface area (TPSA) is 49.9 Å². The molecule has 0 unspecified atom stereocenters. The highest BCUT2D eigenvalue weighted by atomic mass is 35.5. The number of hydrogen-bond acceptors (Lipinski definition) is 3. The van der Waals surface area contributed by atoms with E-state index in [0.717, 1.165) is 16.5 Å². The summed E-state index contributed by atoms with van der Waals surface area (Å²) in [6.45, 7) is 0.647. The van der Waals surface area contributed by atoms with Crippen LogP contribution in [0.3, 0.4) is 0 Å². The Morgan fingerprint density at radius 3 is 3.21 bits per heavy atom. The Bertz CT molecular complexity index is 441. The average molecular weight is 212 g/mol. The van der Waals surface area contributed by atoms with Gasteiger partial charge in [0.1, 0.15) is 5.15 Å². The minimum absolute atomic E-state index is 0.569. The number of H-pyrrole nitrogens is 1. The molecule has 0 aliphatic rings. The summed E-state index contributed by atoms with van der Waals surface area (Å²) in [5.74, 6) is 0. The second kappa shape index (κ2) is 3.96. The normalized spacial score (nSPS) is 11.0. The average Bonchev–Trinajstić information content (AvgIpc) is 2.57. The van der Waals surface area contributed by atoms with Crippen LogP contribution in [0.5, 0.6) is 0 Å². The number of nitrogens with zero attached hydrogens (tertiary/aromatic N) is 1. The quantitative estimate of drug-likeness (QED) is 0.763. The van der Waals surface area contributed by atoms with E-state index in [4.69, 9.17) is 16.4 Å². The molecule has 74 valence electrons. The van der Waals surface area contributed by atoms with E-state index in [0.29, 0.717) is 11.7 Å². The maximum atomic E-state index is 5.91. The van der Waals surface area contributed by atoms with Crippen LogP contribution in [0.2, 0.25) is 5.15 Å². The van der Waals surface area contributed by atoms with Crippen molar-refractivity contribution in [3.05, 3.63) is 28.9 Å². The van der Waals surface area contributed by atoms with Gasteiger partial charge in [-0.1, -0.05) is 17.7 Å². The third-order valence-electron chi connectivity index (χ3n) is 1.99. The van der Waals surface area contributed by atoms with Crippen LogP contribution in [0.15, 0.2) is 18.2 Å². The molecule has 0 fully saturated rings. The number of nitrogens with one attached hydrogen (secondary N) is 2. The Morgan fingerprint density at radius 2 is 2.43 bits per heavy atom. The van der Waals surface area contributed by atoms with Gasteiger partial charge in [0.25, 0.3) is 0 Å². The largest absolute Gasteiger partial charge is 0.305 e. The predicted octanol–water partition coefficient (Wildman–Crippen LogP) is 1.87. The minimum atomic E-state index is 0.569. The highest BCUT2D eigenvalue weighted by Crippen LogP contribution is 2.21. The van der Waals surface area contributed by atoms with Gasteiger partial charge in [0, 0.05) is 11.9 Å². The number of aromatic nitrogens is 2. The molecule has 14 heavy (non-hydrogen) atoms. The predicted molar refractivity (Wildman–Crippen MR) is 55.0 cm³/mol. The lowest BCUT2D eigenvalue weighted by atomic mass is 10.2. The Labute approximate surface area is 86.2 Å². The van der Waals surface area contributed by atoms with Gasteiger partial charge in [-0.05, 0) is 17.7 Å². The third-order valence-corrected chi connectivity index (χ3v) is 2.28. The molecule has 0 aliphatic heterocycles. The van der Waals surface area contributed by atoms with Crippen molar-refractivity contribution >= 4 is 22.5 Å². The van der Waals surface area contributed by atoms with Crippen LogP contribution in [-0.4, -0.2) is 17.3 Å². The molecule has 1 heterocycles. The van der Waals surface area contributed by atoms with Crippen LogP contribution in [0.1, 0.15) is 5.56 Å². The fraction of sp³-hybridized carbons (Fsp3) is 0.222. The molecule has 1 aromatic heterocycles. The summed E-state index contributed by atoms with van der Waals surface area (Å²) < 4.78 is 0. The molecule has 0 atom stereocenters. The molecule has 5 heteroatoms. The van der Waals surface area contributed by atoms with Gasteiger partial charge in [-0.3, -0.25) is 5.10 Å². The zero-order chi connectivity index (χ0) is 9.97. The van der Waals surface area contributed by atoms with Gasteiger partial charge in [0.05, 0.1) is 12.6 Å². The van der Waals surface area contributed by atoms with Gasteiger partial charge in [-0.15, -0.1) is 0 Å². The molecule has 0 amide bonds. The van der Waals surface area contributed by atoms with Crippen molar-refractivity contribution < 1.29 is 4.84 Å².